The molecule has 0 aliphatic rings. The van der Waals surface area contributed by atoms with Gasteiger partial charge in [0.2, 0.25) is 0 Å². The predicted molar refractivity (Wildman–Crippen MR) is 54.9 cm³/mol. The first-order valence-electron chi connectivity index (χ1n) is 3.76. The molecule has 1 rings (SSSR count). The lowest BCUT2D eigenvalue weighted by molar-refractivity contribution is 0.141. The topological polar surface area (TPSA) is 139 Å². The number of hydrogen-bond acceptors (Lipinski definition) is 6. The Bertz CT molecular complexity index is 418. The minimum Gasteiger partial charge on any atom is -0.449 e. The van der Waals surface area contributed by atoms with E-state index in [1.54, 1.807) is 0 Å². The molecule has 0 amide bonds. The maximum absolute atomic E-state index is 9.39. The second-order valence-electron chi connectivity index (χ2n) is 2.29. The fourth-order valence-corrected chi connectivity index (χ4v) is 0.805. The van der Waals surface area contributed by atoms with Crippen LogP contribution in [0.2, 0.25) is 0 Å². The van der Waals surface area contributed by atoms with Crippen molar-refractivity contribution in [3.63, 3.8) is 0 Å². The summed E-state index contributed by atoms with van der Waals surface area (Å²) in [5.41, 5.74) is 3.46. The Morgan fingerprint density at radius 3 is 2.00 bits per heavy atom. The van der Waals surface area contributed by atoms with Gasteiger partial charge in [-0.05, 0) is 12.1 Å². The average Bonchev–Trinajstić information content (AvgIpc) is 2.16. The molecule has 1 aromatic rings. The van der Waals surface area contributed by atoms with Crippen LogP contribution in [0.1, 0.15) is 0 Å². The van der Waals surface area contributed by atoms with Crippen LogP contribution in [0, 0.1) is 0 Å². The molecule has 8 nitrogen and oxygen atoms in total. The molecule has 0 radical (unpaired) electrons. The number of carbonyl (C=O) groups is 1. The van der Waals surface area contributed by atoms with Gasteiger partial charge in [-0.1, -0.05) is 18.2 Å². The quantitative estimate of drug-likeness (QED) is 0.337. The summed E-state index contributed by atoms with van der Waals surface area (Å²) in [5.74, 6) is 5.10. The summed E-state index contributed by atoms with van der Waals surface area (Å²) < 4.78 is 29.2. The van der Waals surface area contributed by atoms with Crippen molar-refractivity contribution in [2.45, 2.75) is 0 Å². The fourth-order valence-electron chi connectivity index (χ4n) is 0.624. The smallest absolute Gasteiger partial charge is 0.449 e. The van der Waals surface area contributed by atoms with E-state index < -0.39 is 16.6 Å². The number of carboxylic acid groups (broad SMARTS) is 1. The SMILES string of the molecule is NNc1ccccc1.O=C(O)OS(=O)(=O)O. The van der Waals surface area contributed by atoms with E-state index in [9.17, 15) is 13.2 Å². The van der Waals surface area contributed by atoms with Gasteiger partial charge in [-0.15, -0.1) is 0 Å². The third-order valence-corrected chi connectivity index (χ3v) is 1.47. The molecule has 0 aromatic heterocycles. The lowest BCUT2D eigenvalue weighted by Crippen LogP contribution is -2.08. The Morgan fingerprint density at radius 2 is 1.81 bits per heavy atom. The van der Waals surface area contributed by atoms with E-state index in [0.717, 1.165) is 5.69 Å². The van der Waals surface area contributed by atoms with Crippen LogP contribution in [0.25, 0.3) is 0 Å². The number of rotatable bonds is 2. The van der Waals surface area contributed by atoms with Gasteiger partial charge in [-0.2, -0.15) is 8.42 Å². The molecule has 0 aliphatic heterocycles. The fraction of sp³-hybridized carbons (Fsp3) is 0. The monoisotopic (exact) mass is 250 g/mol. The largest absolute Gasteiger partial charge is 0.523 e. The zero-order valence-electron chi connectivity index (χ0n) is 7.90. The van der Waals surface area contributed by atoms with E-state index in [1.807, 2.05) is 30.3 Å². The second kappa shape index (κ2) is 6.61. The lowest BCUT2D eigenvalue weighted by atomic mass is 10.3. The molecule has 0 saturated carbocycles. The molecule has 90 valence electrons. The number of para-hydroxylation sites is 1. The lowest BCUT2D eigenvalue weighted by Gasteiger charge is -1.94. The van der Waals surface area contributed by atoms with Gasteiger partial charge in [0.15, 0.2) is 0 Å². The van der Waals surface area contributed by atoms with Crippen LogP contribution in [-0.2, 0) is 14.6 Å². The van der Waals surface area contributed by atoms with Gasteiger partial charge in [-0.3, -0.25) is 14.6 Å². The van der Waals surface area contributed by atoms with Gasteiger partial charge in [0.05, 0.1) is 0 Å². The third kappa shape index (κ3) is 8.74. The molecule has 0 unspecified atom stereocenters. The van der Waals surface area contributed by atoms with Crippen molar-refractivity contribution >= 4 is 22.2 Å². The number of nitrogens with two attached hydrogens (primary N) is 1. The van der Waals surface area contributed by atoms with Crippen LogP contribution >= 0.6 is 0 Å². The highest BCUT2D eigenvalue weighted by atomic mass is 32.3. The summed E-state index contributed by atoms with van der Waals surface area (Å²) in [4.78, 5) is 9.25. The van der Waals surface area contributed by atoms with E-state index in [-0.39, 0.29) is 0 Å². The molecule has 0 heterocycles. The van der Waals surface area contributed by atoms with E-state index >= 15 is 0 Å². The van der Waals surface area contributed by atoms with E-state index in [1.165, 1.54) is 0 Å². The minimum atomic E-state index is -4.82. The van der Waals surface area contributed by atoms with Crippen LogP contribution in [0.15, 0.2) is 30.3 Å². The first kappa shape index (κ1) is 14.2. The zero-order valence-corrected chi connectivity index (χ0v) is 8.72. The molecule has 5 N–H and O–H groups in total. The van der Waals surface area contributed by atoms with Crippen molar-refractivity contribution < 1.29 is 27.1 Å². The highest BCUT2D eigenvalue weighted by molar-refractivity contribution is 7.81. The van der Waals surface area contributed by atoms with Crippen LogP contribution in [0.4, 0.5) is 10.5 Å². The van der Waals surface area contributed by atoms with Crippen molar-refractivity contribution in [2.75, 3.05) is 5.43 Å². The molecule has 0 spiro atoms. The second-order valence-corrected chi connectivity index (χ2v) is 3.31. The number of benzene rings is 1. The summed E-state index contributed by atoms with van der Waals surface area (Å²) in [7, 11) is -4.82. The van der Waals surface area contributed by atoms with Crippen molar-refractivity contribution in [1.82, 2.24) is 0 Å². The predicted octanol–water partition coefficient (Wildman–Crippen LogP) is 0.456. The van der Waals surface area contributed by atoms with Gasteiger partial charge in [0.25, 0.3) is 0 Å². The summed E-state index contributed by atoms with van der Waals surface area (Å²) in [5, 5.41) is 7.49. The summed E-state index contributed by atoms with van der Waals surface area (Å²) in [6.45, 7) is 0. The molecule has 9 heteroatoms. The number of anilines is 1. The third-order valence-electron chi connectivity index (χ3n) is 1.12. The van der Waals surface area contributed by atoms with E-state index in [2.05, 4.69) is 9.61 Å². The van der Waals surface area contributed by atoms with Crippen LogP contribution in [-0.4, -0.2) is 24.2 Å². The van der Waals surface area contributed by atoms with Crippen LogP contribution in [0.5, 0.6) is 0 Å². The van der Waals surface area contributed by atoms with Crippen molar-refractivity contribution in [3.05, 3.63) is 30.3 Å². The first-order valence-corrected chi connectivity index (χ1v) is 5.13. The molecule has 0 atom stereocenters. The Morgan fingerprint density at radius 1 is 1.31 bits per heavy atom. The number of hydrogen-bond donors (Lipinski definition) is 4. The number of nitrogen functional groups attached to an aromatic ring is 1. The van der Waals surface area contributed by atoms with Crippen LogP contribution < -0.4 is 11.3 Å². The van der Waals surface area contributed by atoms with Crippen molar-refractivity contribution in [1.29, 1.82) is 0 Å². The Kier molecular flexibility index (Phi) is 5.85. The molecule has 0 aliphatic carbocycles. The highest BCUT2D eigenvalue weighted by Gasteiger charge is 2.09. The average molecular weight is 250 g/mol. The standard InChI is InChI=1S/C6H8N2.CH2O6S/c7-8-6-4-2-1-3-5-6;2-1(3)7-8(4,5)6/h1-5,8H,7H2;(H,2,3)(H,4,5,6). The maximum atomic E-state index is 9.39. The summed E-state index contributed by atoms with van der Waals surface area (Å²) in [6.07, 6.45) is -2.06. The van der Waals surface area contributed by atoms with Crippen LogP contribution in [0.3, 0.4) is 0 Å². The molecular formula is C7H10N2O6S. The number of nitrogens with one attached hydrogen (secondary N) is 1. The van der Waals surface area contributed by atoms with Gasteiger partial charge in [0, 0.05) is 5.69 Å². The Hall–Kier alpha value is -1.84. The van der Waals surface area contributed by atoms with E-state index in [0.29, 0.717) is 0 Å². The summed E-state index contributed by atoms with van der Waals surface area (Å²) in [6, 6.07) is 9.60. The number of hydrazine groups is 1. The molecule has 1 aromatic carbocycles. The van der Waals surface area contributed by atoms with Gasteiger partial charge >= 0.3 is 16.6 Å². The molecule has 0 bridgehead atoms. The van der Waals surface area contributed by atoms with E-state index in [4.69, 9.17) is 15.5 Å². The molecular weight excluding hydrogens is 240 g/mol. The van der Waals surface area contributed by atoms with Gasteiger partial charge in [-0.25, -0.2) is 4.79 Å². The summed E-state index contributed by atoms with van der Waals surface area (Å²) >= 11 is 0. The highest BCUT2D eigenvalue weighted by Crippen LogP contribution is 2.00. The van der Waals surface area contributed by atoms with Crippen molar-refractivity contribution in [2.24, 2.45) is 5.84 Å². The normalized spacial score (nSPS) is 9.62. The Balaban J connectivity index is 0.000000281. The van der Waals surface area contributed by atoms with Crippen molar-refractivity contribution in [3.8, 4) is 0 Å². The molecule has 0 fully saturated rings. The first-order chi connectivity index (χ1) is 7.35. The zero-order chi connectivity index (χ0) is 12.6. The molecule has 0 saturated heterocycles. The minimum absolute atomic E-state index is 0.938. The van der Waals surface area contributed by atoms with Gasteiger partial charge < -0.3 is 10.5 Å². The Labute approximate surface area is 91.6 Å². The molecule has 16 heavy (non-hydrogen) atoms. The maximum Gasteiger partial charge on any atom is 0.523 e. The van der Waals surface area contributed by atoms with Gasteiger partial charge in [0.1, 0.15) is 0 Å².